The average molecular weight is 309 g/mol. The molecule has 3 N–H and O–H groups in total. The molecule has 2 rings (SSSR count). The molecule has 0 heterocycles. The van der Waals surface area contributed by atoms with Gasteiger partial charge in [-0.15, -0.1) is 0 Å². The third kappa shape index (κ3) is 3.12. The Hall–Kier alpha value is -1.98. The second kappa shape index (κ2) is 5.98. The molecular formula is C14H10ClFN2OS. The maximum atomic E-state index is 13.7. The van der Waals surface area contributed by atoms with Gasteiger partial charge < -0.3 is 11.1 Å². The molecule has 0 spiro atoms. The van der Waals surface area contributed by atoms with Gasteiger partial charge >= 0.3 is 0 Å². The molecule has 0 aliphatic heterocycles. The van der Waals surface area contributed by atoms with Crippen molar-refractivity contribution in [2.75, 3.05) is 5.32 Å². The molecule has 0 saturated heterocycles. The molecule has 102 valence electrons. The maximum absolute atomic E-state index is 13.7. The number of thiocarbonyl (C=S) groups is 1. The third-order valence-corrected chi connectivity index (χ3v) is 2.94. The molecule has 0 unspecified atom stereocenters. The zero-order valence-corrected chi connectivity index (χ0v) is 11.8. The molecule has 2 aromatic carbocycles. The molecule has 0 bridgehead atoms. The highest BCUT2D eigenvalue weighted by Gasteiger charge is 2.17. The van der Waals surface area contributed by atoms with E-state index < -0.39 is 11.6 Å². The lowest BCUT2D eigenvalue weighted by Crippen LogP contribution is -2.21. The van der Waals surface area contributed by atoms with Crippen LogP contribution in [0.25, 0.3) is 0 Å². The van der Waals surface area contributed by atoms with Crippen molar-refractivity contribution >= 4 is 40.4 Å². The van der Waals surface area contributed by atoms with E-state index in [1.165, 1.54) is 24.3 Å². The number of benzene rings is 2. The van der Waals surface area contributed by atoms with E-state index in [2.05, 4.69) is 5.32 Å². The van der Waals surface area contributed by atoms with E-state index in [9.17, 15) is 9.18 Å². The Morgan fingerprint density at radius 3 is 2.55 bits per heavy atom. The highest BCUT2D eigenvalue weighted by atomic mass is 35.5. The van der Waals surface area contributed by atoms with Gasteiger partial charge in [0, 0.05) is 10.6 Å². The number of nitrogens with one attached hydrogen (secondary N) is 1. The van der Waals surface area contributed by atoms with Crippen molar-refractivity contribution in [2.45, 2.75) is 0 Å². The lowest BCUT2D eigenvalue weighted by molar-refractivity contribution is 0.103. The van der Waals surface area contributed by atoms with Crippen LogP contribution < -0.4 is 11.1 Å². The van der Waals surface area contributed by atoms with Crippen molar-refractivity contribution in [2.24, 2.45) is 5.73 Å². The number of hydrogen-bond donors (Lipinski definition) is 2. The molecule has 0 amide bonds. The molecule has 0 aromatic heterocycles. The van der Waals surface area contributed by atoms with Crippen molar-refractivity contribution in [3.63, 3.8) is 0 Å². The van der Waals surface area contributed by atoms with E-state index in [0.717, 1.165) is 0 Å². The number of ketones is 1. The second-order valence-electron chi connectivity index (χ2n) is 3.99. The summed E-state index contributed by atoms with van der Waals surface area (Å²) in [5.41, 5.74) is 5.95. The van der Waals surface area contributed by atoms with E-state index >= 15 is 0 Å². The Kier molecular flexibility index (Phi) is 4.32. The van der Waals surface area contributed by atoms with Crippen molar-refractivity contribution in [1.82, 2.24) is 0 Å². The normalized spacial score (nSPS) is 10.1. The Morgan fingerprint density at radius 2 is 1.90 bits per heavy atom. The van der Waals surface area contributed by atoms with Crippen LogP contribution in [0.3, 0.4) is 0 Å². The average Bonchev–Trinajstić information content (AvgIpc) is 2.40. The first-order chi connectivity index (χ1) is 9.49. The van der Waals surface area contributed by atoms with Gasteiger partial charge in [-0.05, 0) is 42.5 Å². The number of halogens is 2. The fourth-order valence-electron chi connectivity index (χ4n) is 1.74. The summed E-state index contributed by atoms with van der Waals surface area (Å²) in [5.74, 6) is -1.09. The van der Waals surface area contributed by atoms with Gasteiger partial charge in [-0.2, -0.15) is 0 Å². The van der Waals surface area contributed by atoms with Crippen molar-refractivity contribution in [1.29, 1.82) is 0 Å². The van der Waals surface area contributed by atoms with Gasteiger partial charge in [0.2, 0.25) is 0 Å². The van der Waals surface area contributed by atoms with Gasteiger partial charge in [0.1, 0.15) is 5.82 Å². The summed E-state index contributed by atoms with van der Waals surface area (Å²) in [7, 11) is 0. The summed E-state index contributed by atoms with van der Waals surface area (Å²) < 4.78 is 13.7. The molecule has 2 aromatic rings. The first-order valence-corrected chi connectivity index (χ1v) is 6.43. The molecule has 0 fully saturated rings. The number of carbonyl (C=O) groups excluding carboxylic acids is 1. The lowest BCUT2D eigenvalue weighted by atomic mass is 10.0. The quantitative estimate of drug-likeness (QED) is 0.674. The maximum Gasteiger partial charge on any atom is 0.198 e. The Labute approximate surface area is 125 Å². The summed E-state index contributed by atoms with van der Waals surface area (Å²) >= 11 is 10.6. The minimum atomic E-state index is -0.598. The van der Waals surface area contributed by atoms with E-state index in [4.69, 9.17) is 29.6 Å². The lowest BCUT2D eigenvalue weighted by Gasteiger charge is -2.11. The highest BCUT2D eigenvalue weighted by Crippen LogP contribution is 2.24. The molecule has 0 atom stereocenters. The third-order valence-electron chi connectivity index (χ3n) is 2.60. The molecular weight excluding hydrogens is 299 g/mol. The molecule has 3 nitrogen and oxygen atoms in total. The number of anilines is 1. The van der Waals surface area contributed by atoms with E-state index in [1.807, 2.05) is 0 Å². The Balaban J connectivity index is 2.51. The van der Waals surface area contributed by atoms with Crippen LogP contribution in [0.5, 0.6) is 0 Å². The molecule has 0 saturated carbocycles. The van der Waals surface area contributed by atoms with Crippen LogP contribution in [0, 0.1) is 5.82 Å². The molecule has 0 radical (unpaired) electrons. The van der Waals surface area contributed by atoms with Gasteiger partial charge in [-0.1, -0.05) is 23.7 Å². The van der Waals surface area contributed by atoms with Crippen LogP contribution in [0.15, 0.2) is 42.5 Å². The minimum Gasteiger partial charge on any atom is -0.376 e. The molecule has 20 heavy (non-hydrogen) atoms. The van der Waals surface area contributed by atoms with Gasteiger partial charge in [-0.3, -0.25) is 4.79 Å². The smallest absolute Gasteiger partial charge is 0.198 e. The second-order valence-corrected chi connectivity index (χ2v) is 4.86. The standard InChI is InChI=1S/C14H10ClFN2OS/c15-8-5-6-12(18-14(17)20)10(7-8)13(19)9-3-1-2-4-11(9)16/h1-7H,(H3,17,18,20). The van der Waals surface area contributed by atoms with E-state index in [0.29, 0.717) is 10.7 Å². The van der Waals surface area contributed by atoms with Crippen LogP contribution in [-0.2, 0) is 0 Å². The summed E-state index contributed by atoms with van der Waals surface area (Å²) in [5, 5.41) is 3.05. The molecule has 0 aliphatic carbocycles. The van der Waals surface area contributed by atoms with E-state index in [-0.39, 0.29) is 16.2 Å². The Morgan fingerprint density at radius 1 is 1.20 bits per heavy atom. The van der Waals surface area contributed by atoms with Crippen molar-refractivity contribution in [3.05, 3.63) is 64.4 Å². The number of nitrogens with two attached hydrogens (primary N) is 1. The number of rotatable bonds is 3. The van der Waals surface area contributed by atoms with Gasteiger partial charge in [0.15, 0.2) is 10.9 Å². The first kappa shape index (κ1) is 14.4. The summed E-state index contributed by atoms with van der Waals surface area (Å²) in [6, 6.07) is 10.3. The van der Waals surface area contributed by atoms with Crippen LogP contribution in [0.1, 0.15) is 15.9 Å². The van der Waals surface area contributed by atoms with Crippen LogP contribution in [0.4, 0.5) is 10.1 Å². The fraction of sp³-hybridized carbons (Fsp3) is 0. The number of carbonyl (C=O) groups is 1. The summed E-state index contributed by atoms with van der Waals surface area (Å²) in [6.45, 7) is 0. The SMILES string of the molecule is NC(=S)Nc1ccc(Cl)cc1C(=O)c1ccccc1F. The first-order valence-electron chi connectivity index (χ1n) is 5.64. The molecule has 6 heteroatoms. The Bertz CT molecular complexity index is 691. The van der Waals surface area contributed by atoms with Crippen LogP contribution in [-0.4, -0.2) is 10.9 Å². The van der Waals surface area contributed by atoms with Crippen molar-refractivity contribution in [3.8, 4) is 0 Å². The number of hydrogen-bond acceptors (Lipinski definition) is 2. The van der Waals surface area contributed by atoms with Crippen LogP contribution in [0.2, 0.25) is 5.02 Å². The topological polar surface area (TPSA) is 55.1 Å². The van der Waals surface area contributed by atoms with Gasteiger partial charge in [0.05, 0.1) is 11.3 Å². The summed E-state index contributed by atoms with van der Waals surface area (Å²) in [4.78, 5) is 12.4. The predicted octanol–water partition coefficient (Wildman–Crippen LogP) is 3.37. The zero-order valence-electron chi connectivity index (χ0n) is 10.2. The van der Waals surface area contributed by atoms with E-state index in [1.54, 1.807) is 18.2 Å². The largest absolute Gasteiger partial charge is 0.376 e. The van der Waals surface area contributed by atoms with Gasteiger partial charge in [0.25, 0.3) is 0 Å². The van der Waals surface area contributed by atoms with Crippen LogP contribution >= 0.6 is 23.8 Å². The highest BCUT2D eigenvalue weighted by molar-refractivity contribution is 7.80. The van der Waals surface area contributed by atoms with Gasteiger partial charge in [-0.25, -0.2) is 4.39 Å². The minimum absolute atomic E-state index is 0.00917. The predicted molar refractivity (Wildman–Crippen MR) is 81.7 cm³/mol. The summed E-state index contributed by atoms with van der Waals surface area (Å²) in [6.07, 6.45) is 0. The molecule has 0 aliphatic rings. The zero-order chi connectivity index (χ0) is 14.7. The fourth-order valence-corrected chi connectivity index (χ4v) is 2.02. The van der Waals surface area contributed by atoms with Crippen molar-refractivity contribution < 1.29 is 9.18 Å². The monoisotopic (exact) mass is 308 g/mol.